The highest BCUT2D eigenvalue weighted by Gasteiger charge is 2.35. The Hall–Kier alpha value is -0.650. The van der Waals surface area contributed by atoms with Gasteiger partial charge < -0.3 is 14.9 Å². The summed E-state index contributed by atoms with van der Waals surface area (Å²) in [6, 6.07) is 0.730. The maximum Gasteiger partial charge on any atom is 0.226 e. The van der Waals surface area contributed by atoms with Crippen LogP contribution < -0.4 is 0 Å². The summed E-state index contributed by atoms with van der Waals surface area (Å²) in [4.78, 5) is 19.5. The van der Waals surface area contributed by atoms with Gasteiger partial charge in [0.05, 0.1) is 5.60 Å². The summed E-state index contributed by atoms with van der Waals surface area (Å²) in [5.41, 5.74) is -0.671. The lowest BCUT2D eigenvalue weighted by atomic mass is 9.90. The van der Waals surface area contributed by atoms with E-state index in [1.54, 1.807) is 0 Å². The van der Waals surface area contributed by atoms with Gasteiger partial charge in [-0.25, -0.2) is 0 Å². The van der Waals surface area contributed by atoms with E-state index in [4.69, 9.17) is 0 Å². The van der Waals surface area contributed by atoms with E-state index in [-0.39, 0.29) is 12.0 Å². The number of hydrogen-bond donors (Lipinski definition) is 1. The molecule has 0 bridgehead atoms. The second-order valence-electron chi connectivity index (χ2n) is 7.98. The van der Waals surface area contributed by atoms with Gasteiger partial charge in [-0.3, -0.25) is 9.69 Å². The lowest BCUT2D eigenvalue weighted by molar-refractivity contribution is -0.142. The van der Waals surface area contributed by atoms with Crippen molar-refractivity contribution < 1.29 is 9.90 Å². The van der Waals surface area contributed by atoms with Crippen molar-refractivity contribution in [2.45, 2.75) is 58.2 Å². The highest BCUT2D eigenvalue weighted by atomic mass is 16.3. The molecule has 1 amide bonds. The van der Waals surface area contributed by atoms with Gasteiger partial charge in [-0.2, -0.15) is 0 Å². The Balaban J connectivity index is 1.90. The molecule has 2 fully saturated rings. The molecule has 0 aromatic carbocycles. The van der Waals surface area contributed by atoms with Gasteiger partial charge in [-0.15, -0.1) is 0 Å². The maximum absolute atomic E-state index is 12.8. The van der Waals surface area contributed by atoms with Gasteiger partial charge in [0.1, 0.15) is 0 Å². The van der Waals surface area contributed by atoms with Gasteiger partial charge in [0, 0.05) is 44.2 Å². The zero-order chi connectivity index (χ0) is 16.5. The minimum Gasteiger partial charge on any atom is -0.389 e. The van der Waals surface area contributed by atoms with E-state index in [1.807, 2.05) is 13.8 Å². The fraction of sp³-hybridized carbons (Fsp3) is 0.941. The first-order valence-corrected chi connectivity index (χ1v) is 8.63. The molecule has 2 rings (SSSR count). The fourth-order valence-corrected chi connectivity index (χ4v) is 3.80. The average molecular weight is 311 g/mol. The number of hydrogen-bond acceptors (Lipinski definition) is 4. The van der Waals surface area contributed by atoms with Crippen molar-refractivity contribution in [3.05, 3.63) is 0 Å². The summed E-state index contributed by atoms with van der Waals surface area (Å²) in [6.45, 7) is 12.2. The van der Waals surface area contributed by atoms with E-state index in [9.17, 15) is 9.90 Å². The minimum absolute atomic E-state index is 0.189. The topological polar surface area (TPSA) is 47.0 Å². The number of carbonyl (C=O) groups excluding carboxylic acids is 1. The highest BCUT2D eigenvalue weighted by molar-refractivity contribution is 5.79. The number of likely N-dealkylation sites (tertiary alicyclic amines) is 1. The Morgan fingerprint density at radius 1 is 1.18 bits per heavy atom. The molecule has 1 N–H and O–H groups in total. The van der Waals surface area contributed by atoms with Crippen molar-refractivity contribution >= 4 is 5.91 Å². The van der Waals surface area contributed by atoms with Crippen LogP contribution in [-0.4, -0.2) is 83.2 Å². The molecule has 2 aliphatic rings. The number of aliphatic hydroxyl groups is 1. The SMILES string of the molecule is C[C@H]1C[C@@H](C(=O)N2CCN(CC(C)(C)O)C[C@@H]2C)CCN1C. The number of nitrogens with zero attached hydrogens (tertiary/aromatic N) is 3. The monoisotopic (exact) mass is 311 g/mol. The summed E-state index contributed by atoms with van der Waals surface area (Å²) >= 11 is 0. The molecule has 0 radical (unpaired) electrons. The van der Waals surface area contributed by atoms with E-state index < -0.39 is 5.60 Å². The first kappa shape index (κ1) is 17.7. The molecule has 5 nitrogen and oxygen atoms in total. The molecule has 2 heterocycles. The summed E-state index contributed by atoms with van der Waals surface area (Å²) in [5.74, 6) is 0.532. The number of piperidine rings is 1. The van der Waals surface area contributed by atoms with Crippen LogP contribution in [0, 0.1) is 5.92 Å². The molecule has 128 valence electrons. The standard InChI is InChI=1S/C17H33N3O2/c1-13-10-15(6-7-18(13)5)16(21)20-9-8-19(11-14(20)2)12-17(3,4)22/h13-15,22H,6-12H2,1-5H3/t13-,14-,15-/m0/s1. The van der Waals surface area contributed by atoms with Gasteiger partial charge in [0.15, 0.2) is 0 Å². The Morgan fingerprint density at radius 3 is 2.41 bits per heavy atom. The van der Waals surface area contributed by atoms with Crippen LogP contribution in [-0.2, 0) is 4.79 Å². The Bertz CT molecular complexity index is 394. The Labute approximate surface area is 135 Å². The number of carbonyl (C=O) groups is 1. The predicted octanol–water partition coefficient (Wildman–Crippen LogP) is 1.02. The molecular weight excluding hydrogens is 278 g/mol. The molecule has 0 aromatic heterocycles. The summed E-state index contributed by atoms with van der Waals surface area (Å²) in [6.07, 6.45) is 1.96. The van der Waals surface area contributed by atoms with Crippen molar-refractivity contribution in [1.29, 1.82) is 0 Å². The first-order chi connectivity index (χ1) is 10.2. The molecule has 5 heteroatoms. The van der Waals surface area contributed by atoms with Crippen molar-refractivity contribution in [2.75, 3.05) is 39.8 Å². The largest absolute Gasteiger partial charge is 0.389 e. The van der Waals surface area contributed by atoms with Crippen molar-refractivity contribution in [2.24, 2.45) is 5.92 Å². The molecule has 0 unspecified atom stereocenters. The fourth-order valence-electron chi connectivity index (χ4n) is 3.80. The van der Waals surface area contributed by atoms with Gasteiger partial charge in [0.2, 0.25) is 5.91 Å². The number of β-amino-alcohol motifs (C(OH)–C–C–N with tert-alkyl or cyclic N) is 1. The lowest BCUT2D eigenvalue weighted by Crippen LogP contribution is -2.58. The van der Waals surface area contributed by atoms with Crippen LogP contribution in [0.2, 0.25) is 0 Å². The third kappa shape index (κ3) is 4.43. The third-order valence-corrected chi connectivity index (χ3v) is 5.16. The molecule has 0 aliphatic carbocycles. The zero-order valence-corrected chi connectivity index (χ0v) is 14.9. The lowest BCUT2D eigenvalue weighted by Gasteiger charge is -2.44. The van der Waals surface area contributed by atoms with Crippen LogP contribution in [0.1, 0.15) is 40.5 Å². The van der Waals surface area contributed by atoms with Gasteiger partial charge >= 0.3 is 0 Å². The minimum atomic E-state index is -0.671. The highest BCUT2D eigenvalue weighted by Crippen LogP contribution is 2.25. The maximum atomic E-state index is 12.8. The van der Waals surface area contributed by atoms with Crippen molar-refractivity contribution in [3.8, 4) is 0 Å². The summed E-state index contributed by atoms with van der Waals surface area (Å²) in [7, 11) is 2.14. The molecule has 0 spiro atoms. The zero-order valence-electron chi connectivity index (χ0n) is 14.9. The van der Waals surface area contributed by atoms with Crippen LogP contribution in [0.3, 0.4) is 0 Å². The second kappa shape index (κ2) is 6.85. The second-order valence-corrected chi connectivity index (χ2v) is 7.98. The molecule has 22 heavy (non-hydrogen) atoms. The normalized spacial score (nSPS) is 32.3. The van der Waals surface area contributed by atoms with Crippen LogP contribution in [0.4, 0.5) is 0 Å². The average Bonchev–Trinajstić information content (AvgIpc) is 2.39. The van der Waals surface area contributed by atoms with Gasteiger partial charge in [-0.1, -0.05) is 0 Å². The predicted molar refractivity (Wildman–Crippen MR) is 88.7 cm³/mol. The molecule has 0 saturated carbocycles. The molecule has 3 atom stereocenters. The quantitative estimate of drug-likeness (QED) is 0.845. The number of amides is 1. The molecular formula is C17H33N3O2. The number of piperazine rings is 1. The molecule has 2 aliphatic heterocycles. The van der Waals surface area contributed by atoms with Crippen LogP contribution in [0.15, 0.2) is 0 Å². The Kier molecular flexibility index (Phi) is 5.51. The first-order valence-electron chi connectivity index (χ1n) is 8.63. The van der Waals surface area contributed by atoms with Crippen LogP contribution >= 0.6 is 0 Å². The van der Waals surface area contributed by atoms with Crippen LogP contribution in [0.25, 0.3) is 0 Å². The van der Waals surface area contributed by atoms with Crippen molar-refractivity contribution in [3.63, 3.8) is 0 Å². The van der Waals surface area contributed by atoms with Crippen LogP contribution in [0.5, 0.6) is 0 Å². The summed E-state index contributed by atoms with van der Waals surface area (Å²) in [5, 5.41) is 9.96. The number of rotatable bonds is 3. The van der Waals surface area contributed by atoms with E-state index in [0.717, 1.165) is 39.0 Å². The van der Waals surface area contributed by atoms with E-state index in [0.29, 0.717) is 18.5 Å². The van der Waals surface area contributed by atoms with Gasteiger partial charge in [-0.05, 0) is 54.1 Å². The summed E-state index contributed by atoms with van der Waals surface area (Å²) < 4.78 is 0. The molecule has 2 saturated heterocycles. The Morgan fingerprint density at radius 2 is 1.86 bits per heavy atom. The molecule has 0 aromatic rings. The van der Waals surface area contributed by atoms with Crippen molar-refractivity contribution in [1.82, 2.24) is 14.7 Å². The van der Waals surface area contributed by atoms with E-state index in [1.165, 1.54) is 0 Å². The van der Waals surface area contributed by atoms with Gasteiger partial charge in [0.25, 0.3) is 0 Å². The smallest absolute Gasteiger partial charge is 0.226 e. The van der Waals surface area contributed by atoms with E-state index >= 15 is 0 Å². The van der Waals surface area contributed by atoms with E-state index in [2.05, 4.69) is 35.6 Å². The third-order valence-electron chi connectivity index (χ3n) is 5.16.